The van der Waals surface area contributed by atoms with Crippen LogP contribution in [0, 0.1) is 16.7 Å². The van der Waals surface area contributed by atoms with E-state index < -0.39 is 32.0 Å². The Morgan fingerprint density at radius 1 is 0.885 bits per heavy atom. The van der Waals surface area contributed by atoms with Crippen molar-refractivity contribution in [2.45, 2.75) is 91.2 Å². The molecule has 1 aliphatic heterocycles. The van der Waals surface area contributed by atoms with Crippen LogP contribution >= 0.6 is 0 Å². The summed E-state index contributed by atoms with van der Waals surface area (Å²) < 4.78 is 27.5. The third-order valence-electron chi connectivity index (χ3n) is 6.13. The minimum Gasteiger partial charge on any atom is -0.273 e. The van der Waals surface area contributed by atoms with Crippen LogP contribution in [-0.4, -0.2) is 30.4 Å². The van der Waals surface area contributed by atoms with Gasteiger partial charge in [0.05, 0.1) is 5.92 Å². The van der Waals surface area contributed by atoms with Crippen molar-refractivity contribution < 1.29 is 13.2 Å². The second-order valence-corrected chi connectivity index (χ2v) is 11.3. The second-order valence-electron chi connectivity index (χ2n) is 9.30. The van der Waals surface area contributed by atoms with Gasteiger partial charge in [-0.2, -0.15) is 0 Å². The van der Waals surface area contributed by atoms with Crippen LogP contribution in [-0.2, 0) is 14.8 Å². The summed E-state index contributed by atoms with van der Waals surface area (Å²) in [5.74, 6) is -0.665. The lowest BCUT2D eigenvalue weighted by Crippen LogP contribution is -2.46. The molecule has 1 amide bonds. The molecule has 0 N–H and O–H groups in total. The molecule has 0 aromatic heterocycles. The van der Waals surface area contributed by atoms with Gasteiger partial charge in [-0.3, -0.25) is 4.79 Å². The number of sulfonamides is 1. The maximum atomic E-state index is 13.2. The van der Waals surface area contributed by atoms with Gasteiger partial charge in [0.15, 0.2) is 0 Å². The Morgan fingerprint density at radius 3 is 1.92 bits per heavy atom. The van der Waals surface area contributed by atoms with Crippen molar-refractivity contribution in [3.8, 4) is 0 Å². The fourth-order valence-electron chi connectivity index (χ4n) is 4.50. The first-order valence-electron chi connectivity index (χ1n) is 10.3. The maximum Gasteiger partial charge on any atom is 0.241 e. The van der Waals surface area contributed by atoms with E-state index in [0.29, 0.717) is 6.54 Å². The summed E-state index contributed by atoms with van der Waals surface area (Å²) in [5.41, 5.74) is -0.929. The number of unbranched alkanes of at least 4 members (excludes halogenated alkanes) is 7. The third-order valence-corrected chi connectivity index (χ3v) is 8.63. The number of fused-ring (bicyclic) bond motifs is 1. The first-order chi connectivity index (χ1) is 12.1. The van der Waals surface area contributed by atoms with Gasteiger partial charge in [-0.1, -0.05) is 91.7 Å². The van der Waals surface area contributed by atoms with Crippen LogP contribution < -0.4 is 0 Å². The van der Waals surface area contributed by atoms with Crippen LogP contribution in [0.4, 0.5) is 0 Å². The molecular formula is C21H37NO3S. The van der Waals surface area contributed by atoms with Crippen molar-refractivity contribution in [3.05, 3.63) is 12.2 Å². The van der Waals surface area contributed by atoms with E-state index in [0.717, 1.165) is 19.3 Å². The van der Waals surface area contributed by atoms with Gasteiger partial charge in [-0.05, 0) is 11.8 Å². The van der Waals surface area contributed by atoms with E-state index >= 15 is 0 Å². The van der Waals surface area contributed by atoms with Crippen molar-refractivity contribution in [2.75, 3.05) is 6.54 Å². The van der Waals surface area contributed by atoms with E-state index in [4.69, 9.17) is 0 Å². The first kappa shape index (κ1) is 21.5. The zero-order valence-corrected chi connectivity index (χ0v) is 18.1. The summed E-state index contributed by atoms with van der Waals surface area (Å²) in [6.45, 7) is 10.4. The summed E-state index contributed by atoms with van der Waals surface area (Å²) in [6, 6.07) is 0. The van der Waals surface area contributed by atoms with Crippen LogP contribution in [0.15, 0.2) is 12.2 Å². The minimum atomic E-state index is -3.59. The van der Waals surface area contributed by atoms with E-state index in [-0.39, 0.29) is 5.91 Å². The lowest BCUT2D eigenvalue weighted by Gasteiger charge is -2.41. The van der Waals surface area contributed by atoms with Gasteiger partial charge in [0.25, 0.3) is 0 Å². The predicted octanol–water partition coefficient (Wildman–Crippen LogP) is 4.91. The number of carbonyl (C=O) groups excluding carboxylic acids is 1. The lowest BCUT2D eigenvalue weighted by atomic mass is 9.64. The molecule has 0 saturated carbocycles. The quantitative estimate of drug-likeness (QED) is 0.420. The van der Waals surface area contributed by atoms with E-state index in [2.05, 4.69) is 6.92 Å². The molecule has 0 bridgehead atoms. The van der Waals surface area contributed by atoms with Gasteiger partial charge in [0, 0.05) is 12.0 Å². The van der Waals surface area contributed by atoms with Crippen molar-refractivity contribution in [3.63, 3.8) is 0 Å². The normalized spacial score (nSPS) is 28.3. The third kappa shape index (κ3) is 4.18. The summed E-state index contributed by atoms with van der Waals surface area (Å²) in [6.07, 6.45) is 13.2. The Kier molecular flexibility index (Phi) is 6.63. The summed E-state index contributed by atoms with van der Waals surface area (Å²) >= 11 is 0. The Balaban J connectivity index is 1.98. The SMILES string of the molecule is CCCCCCCCCCN1C(=O)C2C(C(C)(C)C=CC2(C)C)S1(=O)=O. The van der Waals surface area contributed by atoms with Crippen LogP contribution in [0.1, 0.15) is 86.0 Å². The average molecular weight is 384 g/mol. The highest BCUT2D eigenvalue weighted by atomic mass is 32.2. The number of hydrogen-bond donors (Lipinski definition) is 0. The van der Waals surface area contributed by atoms with Gasteiger partial charge in [0.1, 0.15) is 5.25 Å². The van der Waals surface area contributed by atoms with Crippen LogP contribution in [0.5, 0.6) is 0 Å². The molecule has 1 saturated heterocycles. The largest absolute Gasteiger partial charge is 0.273 e. The highest BCUT2D eigenvalue weighted by Gasteiger charge is 2.62. The molecule has 1 aliphatic carbocycles. The monoisotopic (exact) mass is 383 g/mol. The fourth-order valence-corrected chi connectivity index (χ4v) is 7.18. The molecule has 2 atom stereocenters. The first-order valence-corrected chi connectivity index (χ1v) is 11.8. The Hall–Kier alpha value is -0.840. The molecular weight excluding hydrogens is 346 g/mol. The van der Waals surface area contributed by atoms with Crippen LogP contribution in [0.25, 0.3) is 0 Å². The highest BCUT2D eigenvalue weighted by Crippen LogP contribution is 2.52. The maximum absolute atomic E-state index is 13.2. The fraction of sp³-hybridized carbons (Fsp3) is 0.857. The second kappa shape index (κ2) is 8.04. The molecule has 2 unspecified atom stereocenters. The molecule has 2 aliphatic rings. The Labute approximate surface area is 160 Å². The lowest BCUT2D eigenvalue weighted by molar-refractivity contribution is -0.132. The van der Waals surface area contributed by atoms with Gasteiger partial charge in [-0.15, -0.1) is 0 Å². The standard InChI is InChI=1S/C21H37NO3S/c1-6-7-8-9-10-11-12-13-16-22-19(23)17-18(26(22,24)25)21(4,5)15-14-20(17,2)3/h14-15,17-18H,6-13,16H2,1-5H3. The molecule has 150 valence electrons. The molecule has 0 aromatic carbocycles. The molecule has 5 heteroatoms. The number of hydrogen-bond acceptors (Lipinski definition) is 3. The van der Waals surface area contributed by atoms with E-state index in [9.17, 15) is 13.2 Å². The number of amides is 1. The van der Waals surface area contributed by atoms with E-state index in [1.165, 1.54) is 36.4 Å². The molecule has 0 aromatic rings. The van der Waals surface area contributed by atoms with Gasteiger partial charge in [-0.25, -0.2) is 12.7 Å². The van der Waals surface area contributed by atoms with Gasteiger partial charge < -0.3 is 0 Å². The number of rotatable bonds is 9. The molecule has 0 radical (unpaired) electrons. The Bertz CT molecular complexity index is 634. The summed E-state index contributed by atoms with van der Waals surface area (Å²) in [4.78, 5) is 13.0. The number of allylic oxidation sites excluding steroid dienone is 2. The summed E-state index contributed by atoms with van der Waals surface area (Å²) in [7, 11) is -3.59. The van der Waals surface area contributed by atoms with Crippen molar-refractivity contribution in [1.82, 2.24) is 4.31 Å². The predicted molar refractivity (Wildman–Crippen MR) is 107 cm³/mol. The molecule has 0 spiro atoms. The highest BCUT2D eigenvalue weighted by molar-refractivity contribution is 7.90. The topological polar surface area (TPSA) is 54.5 Å². The molecule has 1 heterocycles. The average Bonchev–Trinajstić information content (AvgIpc) is 2.75. The van der Waals surface area contributed by atoms with E-state index in [1.807, 2.05) is 39.8 Å². The van der Waals surface area contributed by atoms with Crippen molar-refractivity contribution in [2.24, 2.45) is 16.7 Å². The van der Waals surface area contributed by atoms with Crippen LogP contribution in [0.2, 0.25) is 0 Å². The van der Waals surface area contributed by atoms with Crippen molar-refractivity contribution in [1.29, 1.82) is 0 Å². The number of carbonyl (C=O) groups is 1. The molecule has 26 heavy (non-hydrogen) atoms. The molecule has 1 fully saturated rings. The minimum absolute atomic E-state index is 0.194. The molecule has 4 nitrogen and oxygen atoms in total. The van der Waals surface area contributed by atoms with Crippen molar-refractivity contribution >= 4 is 15.9 Å². The van der Waals surface area contributed by atoms with Crippen LogP contribution in [0.3, 0.4) is 0 Å². The molecule has 2 rings (SSSR count). The van der Waals surface area contributed by atoms with Gasteiger partial charge in [0.2, 0.25) is 15.9 Å². The summed E-state index contributed by atoms with van der Waals surface area (Å²) in [5, 5.41) is -0.642. The van der Waals surface area contributed by atoms with Gasteiger partial charge >= 0.3 is 0 Å². The zero-order valence-electron chi connectivity index (χ0n) is 17.3. The zero-order chi connectivity index (χ0) is 19.6. The number of nitrogens with zero attached hydrogens (tertiary/aromatic N) is 1. The smallest absolute Gasteiger partial charge is 0.241 e. The van der Waals surface area contributed by atoms with E-state index in [1.54, 1.807) is 0 Å². The Morgan fingerprint density at radius 2 is 1.38 bits per heavy atom.